The average molecular weight is 286 g/mol. The molecule has 0 saturated heterocycles. The highest BCUT2D eigenvalue weighted by Gasteiger charge is 2.19. The fourth-order valence-electron chi connectivity index (χ4n) is 2.65. The molecule has 0 fully saturated rings. The smallest absolute Gasteiger partial charge is 0.340 e. The summed E-state index contributed by atoms with van der Waals surface area (Å²) >= 11 is 0. The SMILES string of the molecule is Cc1cccc(N)c1C(=O)OCc1nnc2n1CCCC2. The van der Waals surface area contributed by atoms with Crippen molar-refractivity contribution in [3.63, 3.8) is 0 Å². The van der Waals surface area contributed by atoms with Gasteiger partial charge in [-0.05, 0) is 31.4 Å². The van der Waals surface area contributed by atoms with Crippen molar-refractivity contribution < 1.29 is 9.53 Å². The van der Waals surface area contributed by atoms with E-state index in [1.165, 1.54) is 0 Å². The Hall–Kier alpha value is -2.37. The molecule has 6 heteroatoms. The number of anilines is 1. The van der Waals surface area contributed by atoms with Crippen LogP contribution < -0.4 is 5.73 Å². The molecule has 110 valence electrons. The van der Waals surface area contributed by atoms with Gasteiger partial charge < -0.3 is 15.0 Å². The second-order valence-corrected chi connectivity index (χ2v) is 5.26. The van der Waals surface area contributed by atoms with Crippen LogP contribution in [0.4, 0.5) is 5.69 Å². The Kier molecular flexibility index (Phi) is 3.60. The summed E-state index contributed by atoms with van der Waals surface area (Å²) in [6, 6.07) is 5.35. The first-order chi connectivity index (χ1) is 10.2. The van der Waals surface area contributed by atoms with Gasteiger partial charge >= 0.3 is 5.97 Å². The van der Waals surface area contributed by atoms with Crippen LogP contribution in [0, 0.1) is 6.92 Å². The molecule has 0 atom stereocenters. The van der Waals surface area contributed by atoms with Crippen LogP contribution in [0.15, 0.2) is 18.2 Å². The minimum Gasteiger partial charge on any atom is -0.454 e. The van der Waals surface area contributed by atoms with E-state index in [0.717, 1.165) is 37.2 Å². The minimum absolute atomic E-state index is 0.125. The van der Waals surface area contributed by atoms with E-state index >= 15 is 0 Å². The van der Waals surface area contributed by atoms with Crippen LogP contribution in [-0.4, -0.2) is 20.7 Å². The van der Waals surface area contributed by atoms with Crippen molar-refractivity contribution in [1.29, 1.82) is 0 Å². The lowest BCUT2D eigenvalue weighted by molar-refractivity contribution is 0.0457. The summed E-state index contributed by atoms with van der Waals surface area (Å²) in [5, 5.41) is 8.25. The lowest BCUT2D eigenvalue weighted by Crippen LogP contribution is -2.16. The van der Waals surface area contributed by atoms with Crippen LogP contribution in [0.1, 0.15) is 40.4 Å². The third-order valence-corrected chi connectivity index (χ3v) is 3.78. The lowest BCUT2D eigenvalue weighted by Gasteiger charge is -2.15. The summed E-state index contributed by atoms with van der Waals surface area (Å²) in [6.07, 6.45) is 3.18. The molecular weight excluding hydrogens is 268 g/mol. The Morgan fingerprint density at radius 3 is 3.05 bits per heavy atom. The zero-order valence-electron chi connectivity index (χ0n) is 12.0. The van der Waals surface area contributed by atoms with Crippen LogP contribution in [0.5, 0.6) is 0 Å². The molecular formula is C15H18N4O2. The van der Waals surface area contributed by atoms with Gasteiger partial charge in [0, 0.05) is 18.7 Å². The number of hydrogen-bond donors (Lipinski definition) is 1. The number of nitrogen functional groups attached to an aromatic ring is 1. The maximum absolute atomic E-state index is 12.2. The number of nitrogens with two attached hydrogens (primary N) is 1. The van der Waals surface area contributed by atoms with Crippen molar-refractivity contribution in [1.82, 2.24) is 14.8 Å². The monoisotopic (exact) mass is 286 g/mol. The number of hydrogen-bond acceptors (Lipinski definition) is 5. The highest BCUT2D eigenvalue weighted by atomic mass is 16.5. The standard InChI is InChI=1S/C15H18N4O2/c1-10-5-4-6-11(16)14(10)15(20)21-9-13-18-17-12-7-2-3-8-19(12)13/h4-6H,2-3,7-9,16H2,1H3. The van der Waals surface area contributed by atoms with Gasteiger partial charge in [-0.1, -0.05) is 12.1 Å². The number of carbonyl (C=O) groups is 1. The number of ether oxygens (including phenoxy) is 1. The van der Waals surface area contributed by atoms with Crippen molar-refractivity contribution >= 4 is 11.7 Å². The first-order valence-corrected chi connectivity index (χ1v) is 7.10. The third kappa shape index (κ3) is 2.61. The molecule has 2 N–H and O–H groups in total. The summed E-state index contributed by atoms with van der Waals surface area (Å²) in [5.74, 6) is 1.26. The van der Waals surface area contributed by atoms with Crippen molar-refractivity contribution in [2.24, 2.45) is 0 Å². The topological polar surface area (TPSA) is 83.0 Å². The quantitative estimate of drug-likeness (QED) is 0.688. The molecule has 6 nitrogen and oxygen atoms in total. The molecule has 0 saturated carbocycles. The lowest BCUT2D eigenvalue weighted by atomic mass is 10.1. The fraction of sp³-hybridized carbons (Fsp3) is 0.400. The molecule has 0 spiro atoms. The number of nitrogens with zero attached hydrogens (tertiary/aromatic N) is 3. The Bertz CT molecular complexity index is 658. The molecule has 21 heavy (non-hydrogen) atoms. The van der Waals surface area contributed by atoms with Gasteiger partial charge in [-0.3, -0.25) is 0 Å². The van der Waals surface area contributed by atoms with Crippen LogP contribution in [-0.2, 0) is 24.3 Å². The Morgan fingerprint density at radius 2 is 2.24 bits per heavy atom. The fourth-order valence-corrected chi connectivity index (χ4v) is 2.65. The number of fused-ring (bicyclic) bond motifs is 1. The maximum atomic E-state index is 12.2. The van der Waals surface area contributed by atoms with Gasteiger partial charge in [-0.25, -0.2) is 4.79 Å². The summed E-state index contributed by atoms with van der Waals surface area (Å²) in [5.41, 5.74) is 7.52. The molecule has 1 aliphatic rings. The summed E-state index contributed by atoms with van der Waals surface area (Å²) in [7, 11) is 0. The Balaban J connectivity index is 1.73. The molecule has 0 radical (unpaired) electrons. The van der Waals surface area contributed by atoms with Gasteiger partial charge in [0.05, 0.1) is 5.56 Å². The summed E-state index contributed by atoms with van der Waals surface area (Å²) in [4.78, 5) is 12.2. The molecule has 0 amide bonds. The van der Waals surface area contributed by atoms with Crippen LogP contribution >= 0.6 is 0 Å². The van der Waals surface area contributed by atoms with E-state index in [2.05, 4.69) is 10.2 Å². The van der Waals surface area contributed by atoms with Gasteiger partial charge in [0.25, 0.3) is 0 Å². The maximum Gasteiger partial charge on any atom is 0.340 e. The Labute approximate surface area is 122 Å². The predicted octanol–water partition coefficient (Wildman–Crippen LogP) is 1.86. The molecule has 2 aromatic rings. The molecule has 3 rings (SSSR count). The predicted molar refractivity (Wildman–Crippen MR) is 77.7 cm³/mol. The van der Waals surface area contributed by atoms with E-state index in [4.69, 9.17) is 10.5 Å². The van der Waals surface area contributed by atoms with Crippen molar-refractivity contribution in [2.45, 2.75) is 39.3 Å². The second kappa shape index (κ2) is 5.55. The van der Waals surface area contributed by atoms with Crippen LogP contribution in [0.2, 0.25) is 0 Å². The second-order valence-electron chi connectivity index (χ2n) is 5.26. The van der Waals surface area contributed by atoms with Gasteiger partial charge in [0.2, 0.25) is 0 Å². The summed E-state index contributed by atoms with van der Waals surface area (Å²) in [6.45, 7) is 2.85. The van der Waals surface area contributed by atoms with E-state index in [1.807, 2.05) is 23.6 Å². The highest BCUT2D eigenvalue weighted by Crippen LogP contribution is 2.19. The molecule has 1 aromatic carbocycles. The van der Waals surface area contributed by atoms with E-state index < -0.39 is 5.97 Å². The molecule has 0 aliphatic carbocycles. The van der Waals surface area contributed by atoms with Crippen molar-refractivity contribution in [3.8, 4) is 0 Å². The van der Waals surface area contributed by atoms with Gasteiger partial charge in [-0.2, -0.15) is 0 Å². The number of benzene rings is 1. The molecule has 1 aromatic heterocycles. The third-order valence-electron chi connectivity index (χ3n) is 3.78. The zero-order chi connectivity index (χ0) is 14.8. The van der Waals surface area contributed by atoms with Crippen LogP contribution in [0.3, 0.4) is 0 Å². The minimum atomic E-state index is -0.418. The zero-order valence-corrected chi connectivity index (χ0v) is 12.0. The highest BCUT2D eigenvalue weighted by molar-refractivity contribution is 5.96. The van der Waals surface area contributed by atoms with Crippen molar-refractivity contribution in [2.75, 3.05) is 5.73 Å². The first kappa shape index (κ1) is 13.6. The number of esters is 1. The summed E-state index contributed by atoms with van der Waals surface area (Å²) < 4.78 is 7.40. The van der Waals surface area contributed by atoms with E-state index in [0.29, 0.717) is 17.1 Å². The Morgan fingerprint density at radius 1 is 1.38 bits per heavy atom. The molecule has 1 aliphatic heterocycles. The average Bonchev–Trinajstić information content (AvgIpc) is 2.88. The number of aryl methyl sites for hydroxylation is 2. The van der Waals surface area contributed by atoms with Gasteiger partial charge in [0.15, 0.2) is 12.4 Å². The first-order valence-electron chi connectivity index (χ1n) is 7.10. The van der Waals surface area contributed by atoms with Gasteiger partial charge in [-0.15, -0.1) is 10.2 Å². The van der Waals surface area contributed by atoms with Crippen LogP contribution in [0.25, 0.3) is 0 Å². The molecule has 2 heterocycles. The molecule has 0 unspecified atom stereocenters. The van der Waals surface area contributed by atoms with Crippen molar-refractivity contribution in [3.05, 3.63) is 41.0 Å². The van der Waals surface area contributed by atoms with Gasteiger partial charge in [0.1, 0.15) is 5.82 Å². The number of aromatic nitrogens is 3. The van der Waals surface area contributed by atoms with E-state index in [9.17, 15) is 4.79 Å². The van der Waals surface area contributed by atoms with E-state index in [1.54, 1.807) is 6.07 Å². The van der Waals surface area contributed by atoms with E-state index in [-0.39, 0.29) is 6.61 Å². The molecule has 0 bridgehead atoms. The number of rotatable bonds is 3. The normalized spacial score (nSPS) is 13.8. The largest absolute Gasteiger partial charge is 0.454 e. The number of carbonyl (C=O) groups excluding carboxylic acids is 1.